The van der Waals surface area contributed by atoms with Crippen molar-refractivity contribution >= 4 is 22.7 Å². The Morgan fingerprint density at radius 1 is 1.43 bits per heavy atom. The van der Waals surface area contributed by atoms with Crippen LogP contribution < -0.4 is 0 Å². The molecule has 0 saturated carbocycles. The fourth-order valence-electron chi connectivity index (χ4n) is 1.19. The van der Waals surface area contributed by atoms with E-state index < -0.39 is 5.82 Å². The average Bonchev–Trinajstić information content (AvgIpc) is 2.48. The second kappa shape index (κ2) is 3.24. The molecule has 0 aliphatic carbocycles. The Kier molecular flexibility index (Phi) is 2.19. The zero-order valence-electron chi connectivity index (χ0n) is 7.84. The van der Waals surface area contributed by atoms with Crippen LogP contribution in [0, 0.1) is 5.82 Å². The van der Waals surface area contributed by atoms with E-state index in [-0.39, 0.29) is 10.9 Å². The molecule has 0 saturated heterocycles. The van der Waals surface area contributed by atoms with Crippen LogP contribution in [0.25, 0.3) is 11.1 Å². The van der Waals surface area contributed by atoms with Gasteiger partial charge in [-0.2, -0.15) is 0 Å². The van der Waals surface area contributed by atoms with Gasteiger partial charge in [0.2, 0.25) is 0 Å². The van der Waals surface area contributed by atoms with Crippen LogP contribution in [-0.4, -0.2) is 4.98 Å². The van der Waals surface area contributed by atoms with Crippen LogP contribution in [0.2, 0.25) is 5.02 Å². The Hall–Kier alpha value is -1.09. The third-order valence-corrected chi connectivity index (χ3v) is 2.23. The largest absolute Gasteiger partial charge is 0.440 e. The molecule has 1 aromatic heterocycles. The number of benzene rings is 1. The van der Waals surface area contributed by atoms with Crippen LogP contribution in [0.1, 0.15) is 25.7 Å². The third kappa shape index (κ3) is 1.48. The molecule has 0 unspecified atom stereocenters. The van der Waals surface area contributed by atoms with E-state index in [4.69, 9.17) is 16.0 Å². The van der Waals surface area contributed by atoms with Gasteiger partial charge in [-0.1, -0.05) is 25.4 Å². The highest BCUT2D eigenvalue weighted by Gasteiger charge is 2.11. The summed E-state index contributed by atoms with van der Waals surface area (Å²) in [6.45, 7) is 3.92. The Morgan fingerprint density at radius 3 is 2.79 bits per heavy atom. The summed E-state index contributed by atoms with van der Waals surface area (Å²) in [5, 5.41) is 0.0592. The fourth-order valence-corrected chi connectivity index (χ4v) is 1.34. The normalized spacial score (nSPS) is 11.5. The predicted molar refractivity (Wildman–Crippen MR) is 53.1 cm³/mol. The molecule has 2 nitrogen and oxygen atoms in total. The molecule has 1 aromatic carbocycles. The summed E-state index contributed by atoms with van der Waals surface area (Å²) in [6.07, 6.45) is 0. The number of hydrogen-bond acceptors (Lipinski definition) is 2. The smallest absolute Gasteiger partial charge is 0.198 e. The van der Waals surface area contributed by atoms with E-state index in [9.17, 15) is 4.39 Å². The molecular weight excluding hydrogens is 205 g/mol. The number of oxazole rings is 1. The van der Waals surface area contributed by atoms with Crippen molar-refractivity contribution in [2.45, 2.75) is 19.8 Å². The van der Waals surface area contributed by atoms with E-state index in [1.807, 2.05) is 13.8 Å². The number of hydrogen-bond donors (Lipinski definition) is 0. The van der Waals surface area contributed by atoms with Gasteiger partial charge < -0.3 is 4.42 Å². The highest BCUT2D eigenvalue weighted by atomic mass is 35.5. The van der Waals surface area contributed by atoms with Gasteiger partial charge in [0.25, 0.3) is 0 Å². The van der Waals surface area contributed by atoms with E-state index in [1.54, 1.807) is 0 Å². The molecular formula is C10H9ClFNO. The number of fused-ring (bicyclic) bond motifs is 1. The van der Waals surface area contributed by atoms with Crippen molar-refractivity contribution in [2.75, 3.05) is 0 Å². The van der Waals surface area contributed by atoms with E-state index in [1.165, 1.54) is 12.1 Å². The lowest BCUT2D eigenvalue weighted by atomic mass is 10.2. The summed E-state index contributed by atoms with van der Waals surface area (Å²) in [7, 11) is 0. The summed E-state index contributed by atoms with van der Waals surface area (Å²) in [5.41, 5.74) is 1.04. The monoisotopic (exact) mass is 213 g/mol. The maximum Gasteiger partial charge on any atom is 0.198 e. The van der Waals surface area contributed by atoms with E-state index in [0.29, 0.717) is 17.0 Å². The van der Waals surface area contributed by atoms with Gasteiger partial charge in [-0.15, -0.1) is 0 Å². The van der Waals surface area contributed by atoms with Gasteiger partial charge in [0.05, 0.1) is 5.02 Å². The van der Waals surface area contributed by atoms with Crippen LogP contribution in [0.5, 0.6) is 0 Å². The van der Waals surface area contributed by atoms with Crippen molar-refractivity contribution in [3.8, 4) is 0 Å². The van der Waals surface area contributed by atoms with Crippen LogP contribution in [-0.2, 0) is 0 Å². The Morgan fingerprint density at radius 2 is 2.14 bits per heavy atom. The molecule has 0 N–H and O–H groups in total. The molecule has 0 amide bonds. The standard InChI is InChI=1S/C10H9ClFNO/c1-5(2)10-13-8-4-7(12)6(11)3-9(8)14-10/h3-5H,1-2H3. The second-order valence-electron chi connectivity index (χ2n) is 3.44. The maximum atomic E-state index is 13.0. The topological polar surface area (TPSA) is 26.0 Å². The molecule has 0 atom stereocenters. The number of nitrogens with zero attached hydrogens (tertiary/aromatic N) is 1. The molecule has 2 aromatic rings. The first-order valence-electron chi connectivity index (χ1n) is 4.33. The second-order valence-corrected chi connectivity index (χ2v) is 3.85. The number of aromatic nitrogens is 1. The zero-order chi connectivity index (χ0) is 10.3. The van der Waals surface area contributed by atoms with E-state index in [2.05, 4.69) is 4.98 Å². The van der Waals surface area contributed by atoms with Gasteiger partial charge in [0, 0.05) is 18.1 Å². The Bertz CT molecular complexity index is 439. The summed E-state index contributed by atoms with van der Waals surface area (Å²) in [5.74, 6) is 0.314. The minimum absolute atomic E-state index is 0.0592. The first kappa shape index (κ1) is 9.46. The molecule has 4 heteroatoms. The lowest BCUT2D eigenvalue weighted by molar-refractivity contribution is 0.501. The molecule has 0 radical (unpaired) electrons. The third-order valence-electron chi connectivity index (χ3n) is 1.94. The van der Waals surface area contributed by atoms with Crippen LogP contribution in [0.15, 0.2) is 16.5 Å². The minimum atomic E-state index is -0.470. The Labute approximate surface area is 85.7 Å². The van der Waals surface area contributed by atoms with Crippen molar-refractivity contribution in [1.82, 2.24) is 4.98 Å². The molecule has 0 aliphatic rings. The van der Waals surface area contributed by atoms with Crippen molar-refractivity contribution in [1.29, 1.82) is 0 Å². The predicted octanol–water partition coefficient (Wildman–Crippen LogP) is 3.74. The van der Waals surface area contributed by atoms with Crippen LogP contribution >= 0.6 is 11.6 Å². The van der Waals surface area contributed by atoms with Gasteiger partial charge >= 0.3 is 0 Å². The SMILES string of the molecule is CC(C)c1nc2cc(F)c(Cl)cc2o1. The molecule has 74 valence electrons. The van der Waals surface area contributed by atoms with Crippen molar-refractivity contribution in [2.24, 2.45) is 0 Å². The first-order valence-corrected chi connectivity index (χ1v) is 4.71. The van der Waals surface area contributed by atoms with Crippen LogP contribution in [0.4, 0.5) is 4.39 Å². The zero-order valence-corrected chi connectivity index (χ0v) is 8.60. The average molecular weight is 214 g/mol. The van der Waals surface area contributed by atoms with Gasteiger partial charge in [0.1, 0.15) is 11.3 Å². The molecule has 1 heterocycles. The molecule has 0 fully saturated rings. The molecule has 0 bridgehead atoms. The van der Waals surface area contributed by atoms with Crippen molar-refractivity contribution in [3.05, 3.63) is 28.9 Å². The maximum absolute atomic E-state index is 13.0. The minimum Gasteiger partial charge on any atom is -0.440 e. The highest BCUT2D eigenvalue weighted by molar-refractivity contribution is 6.31. The summed E-state index contributed by atoms with van der Waals surface area (Å²) < 4.78 is 18.4. The highest BCUT2D eigenvalue weighted by Crippen LogP contribution is 2.25. The molecule has 14 heavy (non-hydrogen) atoms. The summed E-state index contributed by atoms with van der Waals surface area (Å²) in [4.78, 5) is 4.15. The van der Waals surface area contributed by atoms with Gasteiger partial charge in [-0.3, -0.25) is 0 Å². The van der Waals surface area contributed by atoms with Gasteiger partial charge in [0.15, 0.2) is 11.5 Å². The molecule has 2 rings (SSSR count). The van der Waals surface area contributed by atoms with E-state index >= 15 is 0 Å². The first-order chi connectivity index (χ1) is 6.58. The summed E-state index contributed by atoms with van der Waals surface area (Å²) >= 11 is 5.61. The van der Waals surface area contributed by atoms with Crippen molar-refractivity contribution < 1.29 is 8.81 Å². The number of rotatable bonds is 1. The summed E-state index contributed by atoms with van der Waals surface area (Å²) in [6, 6.07) is 2.73. The fraction of sp³-hybridized carbons (Fsp3) is 0.300. The lowest BCUT2D eigenvalue weighted by Gasteiger charge is -1.93. The van der Waals surface area contributed by atoms with Gasteiger partial charge in [-0.05, 0) is 0 Å². The lowest BCUT2D eigenvalue weighted by Crippen LogP contribution is -1.84. The Balaban J connectivity index is 2.66. The number of halogens is 2. The van der Waals surface area contributed by atoms with Crippen LogP contribution in [0.3, 0.4) is 0 Å². The van der Waals surface area contributed by atoms with Gasteiger partial charge in [-0.25, -0.2) is 9.37 Å². The molecule has 0 spiro atoms. The molecule has 0 aliphatic heterocycles. The quantitative estimate of drug-likeness (QED) is 0.721. The van der Waals surface area contributed by atoms with E-state index in [0.717, 1.165) is 0 Å². The van der Waals surface area contributed by atoms with Crippen molar-refractivity contribution in [3.63, 3.8) is 0 Å².